The molecule has 0 aliphatic carbocycles. The molecule has 2 N–H and O–H groups in total. The number of hydrogen-bond donors (Lipinski definition) is 1. The number of ether oxygens (including phenoxy) is 1. The molecular formula is C12H13N5O2S. The molecule has 0 spiro atoms. The van der Waals surface area contributed by atoms with Crippen LogP contribution in [0, 0.1) is 0 Å². The zero-order valence-electron chi connectivity index (χ0n) is 10.8. The van der Waals surface area contributed by atoms with Crippen molar-refractivity contribution in [2.24, 2.45) is 0 Å². The van der Waals surface area contributed by atoms with Gasteiger partial charge in [-0.3, -0.25) is 9.08 Å². The fourth-order valence-corrected chi connectivity index (χ4v) is 2.61. The van der Waals surface area contributed by atoms with Gasteiger partial charge in [0.05, 0.1) is 24.5 Å². The van der Waals surface area contributed by atoms with Crippen LogP contribution in [-0.2, 0) is 11.3 Å². The standard InChI is InChI=1S/C12H13N5O2S/c1-2-19-11(18)10-9(13)7-17(15-10)6-8-5-16-3-4-20-12(16)14-8/h3-5,7H,2,6,13H2,1H3. The summed E-state index contributed by atoms with van der Waals surface area (Å²) in [5, 5.41) is 6.12. The summed E-state index contributed by atoms with van der Waals surface area (Å²) in [5.41, 5.74) is 7.09. The molecule has 0 aromatic carbocycles. The average Bonchev–Trinajstić information content (AvgIpc) is 3.04. The number of aromatic nitrogens is 4. The van der Waals surface area contributed by atoms with Gasteiger partial charge in [0, 0.05) is 24.0 Å². The third kappa shape index (κ3) is 2.25. The first-order chi connectivity index (χ1) is 9.67. The van der Waals surface area contributed by atoms with E-state index in [-0.39, 0.29) is 5.69 Å². The minimum atomic E-state index is -0.505. The molecule has 0 aliphatic rings. The zero-order chi connectivity index (χ0) is 14.1. The monoisotopic (exact) mass is 291 g/mol. The maximum atomic E-state index is 11.6. The maximum absolute atomic E-state index is 11.6. The van der Waals surface area contributed by atoms with Gasteiger partial charge in [-0.05, 0) is 6.92 Å². The number of rotatable bonds is 4. The topological polar surface area (TPSA) is 87.4 Å². The van der Waals surface area contributed by atoms with E-state index in [1.54, 1.807) is 29.1 Å². The summed E-state index contributed by atoms with van der Waals surface area (Å²) in [6, 6.07) is 0. The van der Waals surface area contributed by atoms with E-state index in [4.69, 9.17) is 10.5 Å². The molecule has 0 atom stereocenters. The minimum Gasteiger partial charge on any atom is -0.461 e. The van der Waals surface area contributed by atoms with Gasteiger partial charge >= 0.3 is 5.97 Å². The van der Waals surface area contributed by atoms with Crippen molar-refractivity contribution < 1.29 is 9.53 Å². The van der Waals surface area contributed by atoms with Gasteiger partial charge in [-0.15, -0.1) is 11.3 Å². The van der Waals surface area contributed by atoms with E-state index in [9.17, 15) is 4.79 Å². The summed E-state index contributed by atoms with van der Waals surface area (Å²) in [6.45, 7) is 2.49. The van der Waals surface area contributed by atoms with Gasteiger partial charge in [0.15, 0.2) is 10.7 Å². The molecule has 3 aromatic heterocycles. The van der Waals surface area contributed by atoms with Gasteiger partial charge in [0.25, 0.3) is 0 Å². The highest BCUT2D eigenvalue weighted by molar-refractivity contribution is 7.15. The van der Waals surface area contributed by atoms with Crippen LogP contribution < -0.4 is 5.73 Å². The van der Waals surface area contributed by atoms with E-state index in [0.717, 1.165) is 10.7 Å². The molecule has 0 radical (unpaired) electrons. The molecule has 0 saturated carbocycles. The third-order valence-corrected chi connectivity index (χ3v) is 3.50. The van der Waals surface area contributed by atoms with Gasteiger partial charge in [-0.1, -0.05) is 0 Å². The number of nitrogens with two attached hydrogens (primary N) is 1. The highest BCUT2D eigenvalue weighted by atomic mass is 32.1. The number of nitrogens with zero attached hydrogens (tertiary/aromatic N) is 4. The van der Waals surface area contributed by atoms with Gasteiger partial charge in [-0.25, -0.2) is 9.78 Å². The molecule has 20 heavy (non-hydrogen) atoms. The molecule has 8 heteroatoms. The Morgan fingerprint density at radius 1 is 1.50 bits per heavy atom. The van der Waals surface area contributed by atoms with Crippen LogP contribution >= 0.6 is 11.3 Å². The minimum absolute atomic E-state index is 0.146. The van der Waals surface area contributed by atoms with E-state index in [0.29, 0.717) is 18.8 Å². The fourth-order valence-electron chi connectivity index (χ4n) is 1.89. The maximum Gasteiger partial charge on any atom is 0.361 e. The van der Waals surface area contributed by atoms with E-state index in [1.165, 1.54) is 0 Å². The van der Waals surface area contributed by atoms with Crippen molar-refractivity contribution in [3.63, 3.8) is 0 Å². The molecule has 104 valence electrons. The van der Waals surface area contributed by atoms with E-state index >= 15 is 0 Å². The average molecular weight is 291 g/mol. The first kappa shape index (κ1) is 12.7. The lowest BCUT2D eigenvalue weighted by Gasteiger charge is -1.98. The number of carbonyl (C=O) groups excluding carboxylic acids is 1. The Balaban J connectivity index is 1.82. The fraction of sp³-hybridized carbons (Fsp3) is 0.250. The molecule has 0 saturated heterocycles. The van der Waals surface area contributed by atoms with Crippen molar-refractivity contribution in [1.82, 2.24) is 19.2 Å². The van der Waals surface area contributed by atoms with Crippen molar-refractivity contribution >= 4 is 28.0 Å². The number of nitrogen functional groups attached to an aromatic ring is 1. The molecule has 0 bridgehead atoms. The van der Waals surface area contributed by atoms with Crippen LogP contribution in [0.2, 0.25) is 0 Å². The zero-order valence-corrected chi connectivity index (χ0v) is 11.6. The van der Waals surface area contributed by atoms with Crippen LogP contribution in [-0.4, -0.2) is 31.7 Å². The number of carbonyl (C=O) groups is 1. The quantitative estimate of drug-likeness (QED) is 0.734. The van der Waals surface area contributed by atoms with Crippen LogP contribution in [0.4, 0.5) is 5.69 Å². The second kappa shape index (κ2) is 4.97. The van der Waals surface area contributed by atoms with E-state index in [2.05, 4.69) is 10.1 Å². The predicted molar refractivity (Wildman–Crippen MR) is 74.8 cm³/mol. The second-order valence-electron chi connectivity index (χ2n) is 4.18. The van der Waals surface area contributed by atoms with Gasteiger partial charge in [0.1, 0.15) is 0 Å². The summed E-state index contributed by atoms with van der Waals surface area (Å²) in [7, 11) is 0. The van der Waals surface area contributed by atoms with Crippen molar-refractivity contribution in [3.05, 3.63) is 35.4 Å². The van der Waals surface area contributed by atoms with Crippen molar-refractivity contribution in [2.45, 2.75) is 13.5 Å². The number of fused-ring (bicyclic) bond motifs is 1. The Morgan fingerprint density at radius 2 is 2.35 bits per heavy atom. The normalized spacial score (nSPS) is 11.1. The van der Waals surface area contributed by atoms with Crippen LogP contribution in [0.15, 0.2) is 24.0 Å². The summed E-state index contributed by atoms with van der Waals surface area (Å²) in [4.78, 5) is 17.0. The molecule has 3 heterocycles. The smallest absolute Gasteiger partial charge is 0.361 e. The van der Waals surface area contributed by atoms with E-state index in [1.807, 2.05) is 22.2 Å². The molecule has 3 rings (SSSR count). The molecule has 3 aromatic rings. The predicted octanol–water partition coefficient (Wildman–Crippen LogP) is 1.40. The SMILES string of the molecule is CCOC(=O)c1nn(Cc2cn3ccsc3n2)cc1N. The largest absolute Gasteiger partial charge is 0.461 e. The van der Waals surface area contributed by atoms with Crippen LogP contribution in [0.1, 0.15) is 23.1 Å². The van der Waals surface area contributed by atoms with Crippen LogP contribution in [0.5, 0.6) is 0 Å². The molecule has 0 fully saturated rings. The molecule has 0 aliphatic heterocycles. The van der Waals surface area contributed by atoms with Gasteiger partial charge < -0.3 is 10.5 Å². The lowest BCUT2D eigenvalue weighted by atomic mass is 10.4. The van der Waals surface area contributed by atoms with Crippen molar-refractivity contribution in [3.8, 4) is 0 Å². The Morgan fingerprint density at radius 3 is 3.10 bits per heavy atom. The first-order valence-corrected chi connectivity index (χ1v) is 6.96. The molecule has 7 nitrogen and oxygen atoms in total. The summed E-state index contributed by atoms with van der Waals surface area (Å²) < 4.78 is 8.43. The molecule has 0 amide bonds. The lowest BCUT2D eigenvalue weighted by molar-refractivity contribution is 0.0519. The summed E-state index contributed by atoms with van der Waals surface area (Å²) in [5.74, 6) is -0.505. The van der Waals surface area contributed by atoms with Crippen molar-refractivity contribution in [1.29, 1.82) is 0 Å². The first-order valence-electron chi connectivity index (χ1n) is 6.08. The Kier molecular flexibility index (Phi) is 3.15. The van der Waals surface area contributed by atoms with Crippen LogP contribution in [0.3, 0.4) is 0 Å². The number of esters is 1. The highest BCUT2D eigenvalue weighted by Crippen LogP contribution is 2.14. The van der Waals surface area contributed by atoms with E-state index < -0.39 is 5.97 Å². The number of thiazole rings is 1. The number of anilines is 1. The molecular weight excluding hydrogens is 278 g/mol. The number of hydrogen-bond acceptors (Lipinski definition) is 6. The highest BCUT2D eigenvalue weighted by Gasteiger charge is 2.16. The Hall–Kier alpha value is -2.35. The summed E-state index contributed by atoms with van der Waals surface area (Å²) in [6.07, 6.45) is 5.48. The number of imidazole rings is 1. The Bertz CT molecular complexity index is 728. The lowest BCUT2D eigenvalue weighted by Crippen LogP contribution is -2.09. The van der Waals surface area contributed by atoms with Crippen molar-refractivity contribution in [2.75, 3.05) is 12.3 Å². The van der Waals surface area contributed by atoms with Gasteiger partial charge in [0.2, 0.25) is 0 Å². The molecule has 0 unspecified atom stereocenters. The Labute approximate surface area is 118 Å². The second-order valence-corrected chi connectivity index (χ2v) is 5.05. The summed E-state index contributed by atoms with van der Waals surface area (Å²) >= 11 is 1.56. The van der Waals surface area contributed by atoms with Crippen LogP contribution in [0.25, 0.3) is 4.96 Å². The third-order valence-electron chi connectivity index (χ3n) is 2.73. The van der Waals surface area contributed by atoms with Gasteiger partial charge in [-0.2, -0.15) is 5.10 Å².